The molecular formula is C21H24ClN5O. The van der Waals surface area contributed by atoms with Crippen LogP contribution in [0.4, 0.5) is 11.8 Å². The fraction of sp³-hybridized carbons (Fsp3) is 0.286. The molecule has 0 saturated carbocycles. The molecule has 3 aromatic rings. The number of pyridine rings is 1. The predicted octanol–water partition coefficient (Wildman–Crippen LogP) is 4.23. The van der Waals surface area contributed by atoms with Crippen molar-refractivity contribution < 1.29 is 5.11 Å². The van der Waals surface area contributed by atoms with Crippen molar-refractivity contribution in [2.75, 3.05) is 17.2 Å². The second kappa shape index (κ2) is 9.48. The van der Waals surface area contributed by atoms with Crippen molar-refractivity contribution in [1.82, 2.24) is 15.0 Å². The first-order valence-corrected chi connectivity index (χ1v) is 9.59. The summed E-state index contributed by atoms with van der Waals surface area (Å²) in [5, 5.41) is 16.9. The summed E-state index contributed by atoms with van der Waals surface area (Å²) in [5.74, 6) is 1.36. The van der Waals surface area contributed by atoms with Gasteiger partial charge in [0, 0.05) is 23.8 Å². The van der Waals surface area contributed by atoms with Crippen LogP contribution in [-0.4, -0.2) is 32.7 Å². The van der Waals surface area contributed by atoms with Gasteiger partial charge >= 0.3 is 0 Å². The van der Waals surface area contributed by atoms with Crippen LogP contribution >= 0.6 is 11.6 Å². The van der Waals surface area contributed by atoms with Crippen molar-refractivity contribution in [3.05, 3.63) is 65.3 Å². The average Bonchev–Trinajstić information content (AvgIpc) is 2.72. The molecule has 0 saturated heterocycles. The molecule has 0 aliphatic rings. The van der Waals surface area contributed by atoms with E-state index in [2.05, 4.69) is 25.6 Å². The largest absolute Gasteiger partial charge is 0.394 e. The van der Waals surface area contributed by atoms with Gasteiger partial charge in [0.15, 0.2) is 0 Å². The van der Waals surface area contributed by atoms with Crippen LogP contribution in [0.15, 0.2) is 54.7 Å². The predicted molar refractivity (Wildman–Crippen MR) is 113 cm³/mol. The molecule has 0 spiro atoms. The molecule has 1 aromatic carbocycles. The summed E-state index contributed by atoms with van der Waals surface area (Å²) >= 11 is 5.95. The van der Waals surface area contributed by atoms with Gasteiger partial charge in [-0.05, 0) is 35.7 Å². The lowest BCUT2D eigenvalue weighted by Gasteiger charge is -2.20. The maximum atomic E-state index is 9.63. The second-order valence-electron chi connectivity index (χ2n) is 6.83. The van der Waals surface area contributed by atoms with Crippen LogP contribution in [0.2, 0.25) is 5.02 Å². The van der Waals surface area contributed by atoms with Gasteiger partial charge in [-0.25, -0.2) is 4.98 Å². The molecule has 3 rings (SSSR count). The number of hydrogen-bond donors (Lipinski definition) is 3. The Morgan fingerprint density at radius 1 is 1.04 bits per heavy atom. The van der Waals surface area contributed by atoms with E-state index < -0.39 is 0 Å². The number of rotatable bonds is 8. The molecule has 0 fully saturated rings. The molecule has 6 nitrogen and oxygen atoms in total. The fourth-order valence-corrected chi connectivity index (χ4v) is 2.76. The highest BCUT2D eigenvalue weighted by atomic mass is 35.5. The summed E-state index contributed by atoms with van der Waals surface area (Å²) < 4.78 is 0. The smallest absolute Gasteiger partial charge is 0.225 e. The first-order valence-electron chi connectivity index (χ1n) is 9.21. The Morgan fingerprint density at radius 3 is 2.46 bits per heavy atom. The number of aromatic nitrogens is 3. The van der Waals surface area contributed by atoms with Crippen LogP contribution in [0.1, 0.15) is 19.4 Å². The van der Waals surface area contributed by atoms with Crippen molar-refractivity contribution in [3.63, 3.8) is 0 Å². The van der Waals surface area contributed by atoms with E-state index >= 15 is 0 Å². The monoisotopic (exact) mass is 397 g/mol. The molecule has 0 bridgehead atoms. The Bertz CT molecular complexity index is 887. The Labute approximate surface area is 170 Å². The lowest BCUT2D eigenvalue weighted by Crippen LogP contribution is -2.30. The number of aliphatic hydroxyl groups is 1. The first-order chi connectivity index (χ1) is 13.5. The van der Waals surface area contributed by atoms with Crippen LogP contribution in [0.25, 0.3) is 11.4 Å². The number of nitrogens with one attached hydrogen (secondary N) is 2. The zero-order chi connectivity index (χ0) is 19.9. The topological polar surface area (TPSA) is 83.0 Å². The molecule has 28 heavy (non-hydrogen) atoms. The normalized spacial score (nSPS) is 12.0. The molecule has 7 heteroatoms. The number of anilines is 2. The molecule has 2 heterocycles. The third-order valence-corrected chi connectivity index (χ3v) is 4.61. The number of aliphatic hydroxyl groups excluding tert-OH is 1. The highest BCUT2D eigenvalue weighted by molar-refractivity contribution is 6.30. The van der Waals surface area contributed by atoms with E-state index in [0.717, 1.165) is 11.3 Å². The molecule has 0 aliphatic carbocycles. The molecule has 2 aromatic heterocycles. The van der Waals surface area contributed by atoms with Crippen LogP contribution in [0, 0.1) is 5.92 Å². The highest BCUT2D eigenvalue weighted by Crippen LogP contribution is 2.21. The summed E-state index contributed by atoms with van der Waals surface area (Å²) in [6.45, 7) is 4.68. The van der Waals surface area contributed by atoms with Crippen LogP contribution in [0.3, 0.4) is 0 Å². The third kappa shape index (κ3) is 5.41. The zero-order valence-corrected chi connectivity index (χ0v) is 16.7. The van der Waals surface area contributed by atoms with Gasteiger partial charge < -0.3 is 15.7 Å². The van der Waals surface area contributed by atoms with Crippen LogP contribution in [0.5, 0.6) is 0 Å². The second-order valence-corrected chi connectivity index (χ2v) is 7.27. The van der Waals surface area contributed by atoms with E-state index in [9.17, 15) is 5.11 Å². The van der Waals surface area contributed by atoms with Gasteiger partial charge in [-0.3, -0.25) is 4.98 Å². The molecular weight excluding hydrogens is 374 g/mol. The van der Waals surface area contributed by atoms with E-state index in [1.54, 1.807) is 6.20 Å². The average molecular weight is 398 g/mol. The summed E-state index contributed by atoms with van der Waals surface area (Å²) in [7, 11) is 0. The van der Waals surface area contributed by atoms with Gasteiger partial charge in [-0.2, -0.15) is 4.98 Å². The van der Waals surface area contributed by atoms with Gasteiger partial charge in [0.2, 0.25) is 5.95 Å². The molecule has 0 amide bonds. The SMILES string of the molecule is CC(C)[C@H](CO)Nc1nc(NCc2ccc(Cl)cc2)cc(-c2ccccn2)n1. The van der Waals surface area contributed by atoms with E-state index in [4.69, 9.17) is 11.6 Å². The van der Waals surface area contributed by atoms with Gasteiger partial charge in [0.1, 0.15) is 5.82 Å². The Balaban J connectivity index is 1.87. The molecule has 146 valence electrons. The minimum atomic E-state index is -0.136. The lowest BCUT2D eigenvalue weighted by atomic mass is 10.1. The van der Waals surface area contributed by atoms with E-state index in [-0.39, 0.29) is 18.6 Å². The standard InChI is InChI=1S/C21H24ClN5O/c1-14(2)19(13-28)26-21-25-18(17-5-3-4-10-23-17)11-20(27-21)24-12-15-6-8-16(22)9-7-15/h3-11,14,19,28H,12-13H2,1-2H3,(H2,24,25,26,27)/t19-/m0/s1. The van der Waals surface area contributed by atoms with Gasteiger partial charge in [-0.1, -0.05) is 43.6 Å². The van der Waals surface area contributed by atoms with Crippen molar-refractivity contribution in [2.24, 2.45) is 5.92 Å². The third-order valence-electron chi connectivity index (χ3n) is 4.36. The Hall–Kier alpha value is -2.70. The summed E-state index contributed by atoms with van der Waals surface area (Å²) in [4.78, 5) is 13.5. The van der Waals surface area contributed by atoms with Gasteiger partial charge in [-0.15, -0.1) is 0 Å². The first kappa shape index (κ1) is 20.0. The van der Waals surface area contributed by atoms with Gasteiger partial charge in [0.05, 0.1) is 24.0 Å². The molecule has 3 N–H and O–H groups in total. The van der Waals surface area contributed by atoms with Crippen LogP contribution in [-0.2, 0) is 6.54 Å². The molecule has 0 radical (unpaired) electrons. The highest BCUT2D eigenvalue weighted by Gasteiger charge is 2.15. The van der Waals surface area contributed by atoms with Crippen molar-refractivity contribution in [2.45, 2.75) is 26.4 Å². The minimum absolute atomic E-state index is 0.00236. The fourth-order valence-electron chi connectivity index (χ4n) is 2.63. The minimum Gasteiger partial charge on any atom is -0.394 e. The summed E-state index contributed by atoms with van der Waals surface area (Å²) in [6, 6.07) is 15.1. The number of hydrogen-bond acceptors (Lipinski definition) is 6. The Kier molecular flexibility index (Phi) is 6.79. The van der Waals surface area contributed by atoms with Crippen molar-refractivity contribution in [3.8, 4) is 11.4 Å². The van der Waals surface area contributed by atoms with Crippen molar-refractivity contribution >= 4 is 23.4 Å². The Morgan fingerprint density at radius 2 is 1.82 bits per heavy atom. The quantitative estimate of drug-likeness (QED) is 0.527. The molecule has 1 atom stereocenters. The molecule has 0 aliphatic heterocycles. The lowest BCUT2D eigenvalue weighted by molar-refractivity contribution is 0.248. The molecule has 0 unspecified atom stereocenters. The number of benzene rings is 1. The van der Waals surface area contributed by atoms with Gasteiger partial charge in [0.25, 0.3) is 0 Å². The number of halogens is 1. The maximum absolute atomic E-state index is 9.63. The van der Waals surface area contributed by atoms with E-state index in [1.807, 2.05) is 62.4 Å². The zero-order valence-electron chi connectivity index (χ0n) is 15.9. The maximum Gasteiger partial charge on any atom is 0.225 e. The van der Waals surface area contributed by atoms with Crippen LogP contribution < -0.4 is 10.6 Å². The van der Waals surface area contributed by atoms with E-state index in [0.29, 0.717) is 29.0 Å². The van der Waals surface area contributed by atoms with Crippen molar-refractivity contribution in [1.29, 1.82) is 0 Å². The van der Waals surface area contributed by atoms with E-state index in [1.165, 1.54) is 0 Å². The number of nitrogens with zero attached hydrogens (tertiary/aromatic N) is 3. The summed E-state index contributed by atoms with van der Waals surface area (Å²) in [5.41, 5.74) is 2.55. The summed E-state index contributed by atoms with van der Waals surface area (Å²) in [6.07, 6.45) is 1.73.